The van der Waals surface area contributed by atoms with Gasteiger partial charge < -0.3 is 20.9 Å². The number of aliphatic hydroxyl groups excluding tert-OH is 1. The molecule has 0 aliphatic heterocycles. The Balaban J connectivity index is 2.51. The van der Waals surface area contributed by atoms with Crippen molar-refractivity contribution in [2.75, 3.05) is 6.54 Å². The monoisotopic (exact) mass is 192 g/mol. The van der Waals surface area contributed by atoms with Crippen LogP contribution in [0.25, 0.3) is 10.9 Å². The van der Waals surface area contributed by atoms with Gasteiger partial charge in [0.25, 0.3) is 0 Å². The summed E-state index contributed by atoms with van der Waals surface area (Å²) in [6.45, 7) is 0.179. The van der Waals surface area contributed by atoms with Crippen LogP contribution in [0.4, 0.5) is 0 Å². The first-order chi connectivity index (χ1) is 6.70. The molecule has 0 amide bonds. The molecule has 1 heterocycles. The number of fused-ring (bicyclic) bond motifs is 1. The van der Waals surface area contributed by atoms with Crippen LogP contribution in [0.15, 0.2) is 24.3 Å². The summed E-state index contributed by atoms with van der Waals surface area (Å²) in [5, 5.41) is 19.7. The molecule has 2 rings (SSSR count). The lowest BCUT2D eigenvalue weighted by Gasteiger charge is -2.02. The third kappa shape index (κ3) is 1.45. The van der Waals surface area contributed by atoms with E-state index in [0.717, 1.165) is 10.9 Å². The highest BCUT2D eigenvalue weighted by atomic mass is 16.3. The number of H-pyrrole nitrogens is 1. The molecule has 14 heavy (non-hydrogen) atoms. The summed E-state index contributed by atoms with van der Waals surface area (Å²) in [6, 6.07) is 6.83. The van der Waals surface area contributed by atoms with E-state index in [9.17, 15) is 10.2 Å². The van der Waals surface area contributed by atoms with Crippen LogP contribution in [-0.4, -0.2) is 21.7 Å². The molecule has 1 aromatic heterocycles. The molecular formula is C10H12N2O2. The third-order valence-corrected chi connectivity index (χ3v) is 2.21. The normalized spacial score (nSPS) is 13.3. The van der Waals surface area contributed by atoms with Crippen molar-refractivity contribution in [1.82, 2.24) is 4.98 Å². The van der Waals surface area contributed by atoms with Gasteiger partial charge in [0.2, 0.25) is 0 Å². The van der Waals surface area contributed by atoms with E-state index in [1.807, 2.05) is 6.07 Å². The van der Waals surface area contributed by atoms with Gasteiger partial charge in [0, 0.05) is 29.2 Å². The van der Waals surface area contributed by atoms with Crippen molar-refractivity contribution < 1.29 is 10.2 Å². The van der Waals surface area contributed by atoms with Crippen molar-refractivity contribution in [1.29, 1.82) is 0 Å². The number of hydrogen-bond donors (Lipinski definition) is 4. The van der Waals surface area contributed by atoms with Gasteiger partial charge in [-0.3, -0.25) is 0 Å². The Morgan fingerprint density at radius 2 is 2.14 bits per heavy atom. The van der Waals surface area contributed by atoms with Crippen molar-refractivity contribution >= 4 is 10.9 Å². The van der Waals surface area contributed by atoms with E-state index in [1.54, 1.807) is 18.2 Å². The maximum Gasteiger partial charge on any atom is 0.117 e. The standard InChI is InChI=1S/C10H12N2O2/c11-5-10(14)9-3-6-1-2-7(13)4-8(6)12-9/h1-4,10,12-14H,5,11H2. The van der Waals surface area contributed by atoms with Gasteiger partial charge in [-0.2, -0.15) is 0 Å². The quantitative estimate of drug-likeness (QED) is 0.569. The van der Waals surface area contributed by atoms with Crippen LogP contribution in [0, 0.1) is 0 Å². The summed E-state index contributed by atoms with van der Waals surface area (Å²) in [6.07, 6.45) is -0.676. The van der Waals surface area contributed by atoms with Gasteiger partial charge in [0.1, 0.15) is 11.9 Å². The van der Waals surface area contributed by atoms with Crippen molar-refractivity contribution in [3.05, 3.63) is 30.0 Å². The first kappa shape index (κ1) is 9.05. The molecule has 1 unspecified atom stereocenters. The molecule has 4 nitrogen and oxygen atoms in total. The van der Waals surface area contributed by atoms with Crippen LogP contribution in [0.5, 0.6) is 5.75 Å². The van der Waals surface area contributed by atoms with Gasteiger partial charge >= 0.3 is 0 Å². The number of hydrogen-bond acceptors (Lipinski definition) is 3. The molecule has 1 atom stereocenters. The summed E-state index contributed by atoms with van der Waals surface area (Å²) >= 11 is 0. The average Bonchev–Trinajstić information content (AvgIpc) is 2.59. The maximum atomic E-state index is 9.48. The fourth-order valence-electron chi connectivity index (χ4n) is 1.44. The molecule has 2 aromatic rings. The molecule has 0 spiro atoms. The Labute approximate surface area is 81.0 Å². The number of aliphatic hydroxyl groups is 1. The Hall–Kier alpha value is -1.52. The number of benzene rings is 1. The number of aromatic amines is 1. The molecule has 0 bridgehead atoms. The number of aromatic hydroxyl groups is 1. The summed E-state index contributed by atoms with van der Waals surface area (Å²) < 4.78 is 0. The minimum Gasteiger partial charge on any atom is -0.508 e. The van der Waals surface area contributed by atoms with Crippen LogP contribution < -0.4 is 5.73 Å². The van der Waals surface area contributed by atoms with Crippen LogP contribution in [0.3, 0.4) is 0 Å². The van der Waals surface area contributed by atoms with E-state index in [2.05, 4.69) is 4.98 Å². The second kappa shape index (κ2) is 3.32. The zero-order valence-electron chi connectivity index (χ0n) is 7.57. The minimum absolute atomic E-state index is 0.179. The van der Waals surface area contributed by atoms with E-state index in [-0.39, 0.29) is 12.3 Å². The van der Waals surface area contributed by atoms with Crippen molar-refractivity contribution in [3.8, 4) is 5.75 Å². The molecule has 0 radical (unpaired) electrons. The first-order valence-electron chi connectivity index (χ1n) is 4.40. The lowest BCUT2D eigenvalue weighted by atomic mass is 10.2. The van der Waals surface area contributed by atoms with E-state index in [0.29, 0.717) is 5.69 Å². The van der Waals surface area contributed by atoms with Crippen molar-refractivity contribution in [2.24, 2.45) is 5.73 Å². The van der Waals surface area contributed by atoms with Crippen LogP contribution in [0.2, 0.25) is 0 Å². The maximum absolute atomic E-state index is 9.48. The molecule has 0 saturated carbocycles. The first-order valence-corrected chi connectivity index (χ1v) is 4.40. The third-order valence-electron chi connectivity index (χ3n) is 2.21. The largest absolute Gasteiger partial charge is 0.508 e. The number of nitrogens with two attached hydrogens (primary N) is 1. The summed E-state index contributed by atoms with van der Waals surface area (Å²) in [7, 11) is 0. The lowest BCUT2D eigenvalue weighted by Crippen LogP contribution is -2.11. The van der Waals surface area contributed by atoms with E-state index < -0.39 is 6.10 Å². The minimum atomic E-state index is -0.676. The fourth-order valence-corrected chi connectivity index (χ4v) is 1.44. The SMILES string of the molecule is NCC(O)c1cc2ccc(O)cc2[nH]1. The molecule has 0 aliphatic carbocycles. The predicted octanol–water partition coefficient (Wildman–Crippen LogP) is 0.866. The van der Waals surface area contributed by atoms with E-state index in [4.69, 9.17) is 5.73 Å². The Morgan fingerprint density at radius 3 is 2.86 bits per heavy atom. The molecule has 1 aromatic carbocycles. The molecule has 0 fully saturated rings. The number of phenolic OH excluding ortho intramolecular Hbond substituents is 1. The van der Waals surface area contributed by atoms with Gasteiger partial charge in [0.15, 0.2) is 0 Å². The molecule has 0 aliphatic rings. The number of phenols is 1. The predicted molar refractivity (Wildman–Crippen MR) is 54.0 cm³/mol. The van der Waals surface area contributed by atoms with E-state index in [1.165, 1.54) is 0 Å². The van der Waals surface area contributed by atoms with Crippen molar-refractivity contribution in [3.63, 3.8) is 0 Å². The van der Waals surface area contributed by atoms with Gasteiger partial charge in [-0.1, -0.05) is 0 Å². The van der Waals surface area contributed by atoms with Crippen LogP contribution in [0.1, 0.15) is 11.8 Å². The fraction of sp³-hybridized carbons (Fsp3) is 0.200. The molecule has 74 valence electrons. The van der Waals surface area contributed by atoms with Gasteiger partial charge in [-0.15, -0.1) is 0 Å². The summed E-state index contributed by atoms with van der Waals surface area (Å²) in [4.78, 5) is 3.00. The van der Waals surface area contributed by atoms with Crippen LogP contribution in [-0.2, 0) is 0 Å². The van der Waals surface area contributed by atoms with Crippen LogP contribution >= 0.6 is 0 Å². The van der Waals surface area contributed by atoms with Gasteiger partial charge in [-0.05, 0) is 18.2 Å². The second-order valence-electron chi connectivity index (χ2n) is 3.25. The second-order valence-corrected chi connectivity index (χ2v) is 3.25. The zero-order valence-corrected chi connectivity index (χ0v) is 7.57. The molecule has 5 N–H and O–H groups in total. The van der Waals surface area contributed by atoms with Gasteiger partial charge in [0.05, 0.1) is 0 Å². The number of nitrogens with one attached hydrogen (secondary N) is 1. The van der Waals surface area contributed by atoms with Crippen molar-refractivity contribution in [2.45, 2.75) is 6.10 Å². The molecule has 0 saturated heterocycles. The lowest BCUT2D eigenvalue weighted by molar-refractivity contribution is 0.183. The summed E-state index contributed by atoms with van der Waals surface area (Å²) in [5.41, 5.74) is 6.81. The highest BCUT2D eigenvalue weighted by Gasteiger charge is 2.08. The van der Waals surface area contributed by atoms with E-state index >= 15 is 0 Å². The smallest absolute Gasteiger partial charge is 0.117 e. The summed E-state index contributed by atoms with van der Waals surface area (Å²) in [5.74, 6) is 0.202. The Kier molecular flexibility index (Phi) is 2.15. The molecular weight excluding hydrogens is 180 g/mol. The number of rotatable bonds is 2. The Bertz CT molecular complexity index is 450. The number of aromatic nitrogens is 1. The van der Waals surface area contributed by atoms with Gasteiger partial charge in [-0.25, -0.2) is 0 Å². The molecule has 4 heteroatoms. The highest BCUT2D eigenvalue weighted by molar-refractivity contribution is 5.81. The Morgan fingerprint density at radius 1 is 1.36 bits per heavy atom. The highest BCUT2D eigenvalue weighted by Crippen LogP contribution is 2.22. The average molecular weight is 192 g/mol. The topological polar surface area (TPSA) is 82.3 Å². The zero-order chi connectivity index (χ0) is 10.1.